The molecule has 0 spiro atoms. The lowest BCUT2D eigenvalue weighted by Crippen LogP contribution is -2.22. The molecule has 0 aliphatic heterocycles. The normalized spacial score (nSPS) is 12.4. The summed E-state index contributed by atoms with van der Waals surface area (Å²) in [6, 6.07) is 25.7. The van der Waals surface area contributed by atoms with Crippen molar-refractivity contribution >= 4 is 11.0 Å². The molecule has 3 aromatic carbocycles. The number of nitrogens with one attached hydrogen (secondary N) is 1. The zero-order chi connectivity index (χ0) is 21.1. The second kappa shape index (κ2) is 8.72. The van der Waals surface area contributed by atoms with E-state index < -0.39 is 0 Å². The van der Waals surface area contributed by atoms with Crippen molar-refractivity contribution in [2.45, 2.75) is 39.4 Å². The number of aromatic nitrogens is 2. The lowest BCUT2D eigenvalue weighted by molar-refractivity contribution is 0.415. The van der Waals surface area contributed by atoms with Gasteiger partial charge in [0.1, 0.15) is 11.6 Å². The third-order valence-electron chi connectivity index (χ3n) is 5.50. The SMILES string of the molecule is COc1cccc(-c2ccc(CNC(C)c3nc4ccccc4n3C(C)C)cc2)c1. The van der Waals surface area contributed by atoms with E-state index in [2.05, 4.69) is 85.3 Å². The summed E-state index contributed by atoms with van der Waals surface area (Å²) in [7, 11) is 1.70. The highest BCUT2D eigenvalue weighted by Gasteiger charge is 2.18. The molecule has 0 saturated heterocycles. The van der Waals surface area contributed by atoms with Gasteiger partial charge < -0.3 is 14.6 Å². The molecule has 1 atom stereocenters. The number of nitrogens with zero attached hydrogens (tertiary/aromatic N) is 2. The van der Waals surface area contributed by atoms with Gasteiger partial charge in [0.25, 0.3) is 0 Å². The Balaban J connectivity index is 1.48. The number of para-hydroxylation sites is 2. The van der Waals surface area contributed by atoms with Crippen molar-refractivity contribution in [1.29, 1.82) is 0 Å². The quantitative estimate of drug-likeness (QED) is 0.405. The van der Waals surface area contributed by atoms with Gasteiger partial charge in [0.15, 0.2) is 0 Å². The van der Waals surface area contributed by atoms with Crippen molar-refractivity contribution in [2.24, 2.45) is 0 Å². The topological polar surface area (TPSA) is 39.1 Å². The van der Waals surface area contributed by atoms with E-state index in [1.54, 1.807) is 7.11 Å². The van der Waals surface area contributed by atoms with Crippen LogP contribution in [0.3, 0.4) is 0 Å². The maximum absolute atomic E-state index is 5.34. The minimum absolute atomic E-state index is 0.151. The van der Waals surface area contributed by atoms with Crippen molar-refractivity contribution in [3.8, 4) is 16.9 Å². The molecule has 4 aromatic rings. The maximum atomic E-state index is 5.34. The second-order valence-corrected chi connectivity index (χ2v) is 7.95. The highest BCUT2D eigenvalue weighted by atomic mass is 16.5. The van der Waals surface area contributed by atoms with Crippen molar-refractivity contribution in [2.75, 3.05) is 7.11 Å². The molecule has 0 aliphatic carbocycles. The smallest absolute Gasteiger partial charge is 0.127 e. The highest BCUT2D eigenvalue weighted by molar-refractivity contribution is 5.76. The zero-order valence-electron chi connectivity index (χ0n) is 18.1. The van der Waals surface area contributed by atoms with Gasteiger partial charge in [-0.2, -0.15) is 0 Å². The maximum Gasteiger partial charge on any atom is 0.127 e. The van der Waals surface area contributed by atoms with Gasteiger partial charge in [-0.05, 0) is 61.7 Å². The molecular formula is C26H29N3O. The van der Waals surface area contributed by atoms with E-state index in [9.17, 15) is 0 Å². The number of fused-ring (bicyclic) bond motifs is 1. The number of rotatable bonds is 7. The molecule has 4 rings (SSSR count). The zero-order valence-corrected chi connectivity index (χ0v) is 18.1. The number of imidazole rings is 1. The van der Waals surface area contributed by atoms with Crippen molar-refractivity contribution < 1.29 is 4.74 Å². The van der Waals surface area contributed by atoms with Gasteiger partial charge in [-0.1, -0.05) is 48.5 Å². The van der Waals surface area contributed by atoms with Crippen LogP contribution in [0.1, 0.15) is 44.2 Å². The molecule has 0 saturated carbocycles. The van der Waals surface area contributed by atoms with E-state index in [0.717, 1.165) is 29.2 Å². The largest absolute Gasteiger partial charge is 0.497 e. The summed E-state index contributed by atoms with van der Waals surface area (Å²) >= 11 is 0. The molecule has 1 aromatic heterocycles. The Morgan fingerprint density at radius 2 is 1.67 bits per heavy atom. The Bertz CT molecular complexity index is 1130. The Kier molecular flexibility index (Phi) is 5.86. The van der Waals surface area contributed by atoms with Crippen LogP contribution < -0.4 is 10.1 Å². The second-order valence-electron chi connectivity index (χ2n) is 7.95. The van der Waals surface area contributed by atoms with Gasteiger partial charge in [-0.15, -0.1) is 0 Å². The fraction of sp³-hybridized carbons (Fsp3) is 0.269. The lowest BCUT2D eigenvalue weighted by Gasteiger charge is -2.19. The van der Waals surface area contributed by atoms with Crippen LogP contribution in [0.4, 0.5) is 0 Å². The number of methoxy groups -OCH3 is 1. The van der Waals surface area contributed by atoms with E-state index in [1.807, 2.05) is 18.2 Å². The minimum atomic E-state index is 0.151. The third kappa shape index (κ3) is 4.10. The fourth-order valence-corrected chi connectivity index (χ4v) is 3.89. The van der Waals surface area contributed by atoms with Crippen LogP contribution in [0.25, 0.3) is 22.2 Å². The van der Waals surface area contributed by atoms with Gasteiger partial charge >= 0.3 is 0 Å². The van der Waals surface area contributed by atoms with E-state index in [4.69, 9.17) is 9.72 Å². The van der Waals surface area contributed by atoms with E-state index in [1.165, 1.54) is 16.6 Å². The Hall–Kier alpha value is -3.11. The molecule has 0 amide bonds. The van der Waals surface area contributed by atoms with Crippen LogP contribution in [0.2, 0.25) is 0 Å². The standard InChI is InChI=1S/C26H29N3O/c1-18(2)29-25-11-6-5-10-24(25)28-26(29)19(3)27-17-20-12-14-21(15-13-20)22-8-7-9-23(16-22)30-4/h5-16,18-19,27H,17H2,1-4H3. The predicted octanol–water partition coefficient (Wildman–Crippen LogP) is 6.14. The molecule has 4 heteroatoms. The average molecular weight is 400 g/mol. The van der Waals surface area contributed by atoms with E-state index >= 15 is 0 Å². The number of ether oxygens (including phenoxy) is 1. The Labute approximate surface area is 178 Å². The van der Waals surface area contributed by atoms with Crippen LogP contribution >= 0.6 is 0 Å². The first-order valence-electron chi connectivity index (χ1n) is 10.5. The Morgan fingerprint density at radius 3 is 2.40 bits per heavy atom. The van der Waals surface area contributed by atoms with Crippen LogP contribution in [-0.4, -0.2) is 16.7 Å². The first kappa shape index (κ1) is 20.2. The van der Waals surface area contributed by atoms with Crippen molar-refractivity contribution in [3.05, 3.63) is 84.2 Å². The first-order valence-corrected chi connectivity index (χ1v) is 10.5. The monoisotopic (exact) mass is 399 g/mol. The summed E-state index contributed by atoms with van der Waals surface area (Å²) in [4.78, 5) is 4.90. The van der Waals surface area contributed by atoms with Gasteiger partial charge in [-0.3, -0.25) is 0 Å². The molecule has 4 nitrogen and oxygen atoms in total. The third-order valence-corrected chi connectivity index (χ3v) is 5.50. The fourth-order valence-electron chi connectivity index (χ4n) is 3.89. The average Bonchev–Trinajstić information content (AvgIpc) is 3.18. The molecule has 1 unspecified atom stereocenters. The molecule has 1 heterocycles. The summed E-state index contributed by atoms with van der Waals surface area (Å²) < 4.78 is 7.67. The van der Waals surface area contributed by atoms with Crippen LogP contribution in [0, 0.1) is 0 Å². The van der Waals surface area contributed by atoms with E-state index in [0.29, 0.717) is 6.04 Å². The summed E-state index contributed by atoms with van der Waals surface area (Å²) in [5.74, 6) is 1.96. The molecule has 0 bridgehead atoms. The minimum Gasteiger partial charge on any atom is -0.497 e. The summed E-state index contributed by atoms with van der Waals surface area (Å²) in [6.07, 6.45) is 0. The van der Waals surface area contributed by atoms with Crippen LogP contribution in [0.5, 0.6) is 5.75 Å². The summed E-state index contributed by atoms with van der Waals surface area (Å²) in [5.41, 5.74) is 5.84. The molecule has 1 N–H and O–H groups in total. The van der Waals surface area contributed by atoms with Crippen LogP contribution in [-0.2, 0) is 6.54 Å². The van der Waals surface area contributed by atoms with Crippen molar-refractivity contribution in [1.82, 2.24) is 14.9 Å². The first-order chi connectivity index (χ1) is 14.6. The molecule has 0 fully saturated rings. The van der Waals surface area contributed by atoms with Gasteiger partial charge in [0.2, 0.25) is 0 Å². The number of benzene rings is 3. The van der Waals surface area contributed by atoms with Gasteiger partial charge in [0.05, 0.1) is 24.2 Å². The molecule has 30 heavy (non-hydrogen) atoms. The summed E-state index contributed by atoms with van der Waals surface area (Å²) in [6.45, 7) is 7.40. The molecule has 0 radical (unpaired) electrons. The van der Waals surface area contributed by atoms with E-state index in [-0.39, 0.29) is 6.04 Å². The summed E-state index contributed by atoms with van der Waals surface area (Å²) in [5, 5.41) is 3.65. The molecule has 0 aliphatic rings. The van der Waals surface area contributed by atoms with Gasteiger partial charge in [0, 0.05) is 12.6 Å². The van der Waals surface area contributed by atoms with Crippen LogP contribution in [0.15, 0.2) is 72.8 Å². The molecular weight excluding hydrogens is 370 g/mol. The van der Waals surface area contributed by atoms with Crippen molar-refractivity contribution in [3.63, 3.8) is 0 Å². The lowest BCUT2D eigenvalue weighted by atomic mass is 10.0. The number of hydrogen-bond acceptors (Lipinski definition) is 3. The Morgan fingerprint density at radius 1 is 0.900 bits per heavy atom. The highest BCUT2D eigenvalue weighted by Crippen LogP contribution is 2.26. The van der Waals surface area contributed by atoms with Gasteiger partial charge in [-0.25, -0.2) is 4.98 Å². The predicted molar refractivity (Wildman–Crippen MR) is 124 cm³/mol. The molecule has 154 valence electrons. The number of hydrogen-bond donors (Lipinski definition) is 1.